The molecule has 0 amide bonds. The van der Waals surface area contributed by atoms with Crippen molar-refractivity contribution in [3.05, 3.63) is 0 Å². The number of rotatable bonds is 6. The molecule has 0 saturated carbocycles. The van der Waals surface area contributed by atoms with E-state index in [0.717, 1.165) is 0 Å². The van der Waals surface area contributed by atoms with Crippen molar-refractivity contribution >= 4 is 5.78 Å². The molecule has 0 aromatic heterocycles. The molecule has 0 spiro atoms. The number of aliphatic hydroxyl groups is 4. The van der Waals surface area contributed by atoms with Crippen LogP contribution >= 0.6 is 0 Å². The highest BCUT2D eigenvalue weighted by atomic mass is 16.4. The Hall–Kier alpha value is -0.530. The molecule has 0 heterocycles. The van der Waals surface area contributed by atoms with Gasteiger partial charge in [0, 0.05) is 0 Å². The van der Waals surface area contributed by atoms with Crippen LogP contribution < -0.4 is 5.32 Å². The maximum absolute atomic E-state index is 11.0. The molecule has 4 atom stereocenters. The van der Waals surface area contributed by atoms with Crippen LogP contribution in [0.2, 0.25) is 0 Å². The van der Waals surface area contributed by atoms with Crippen molar-refractivity contribution < 1.29 is 25.2 Å². The Morgan fingerprint density at radius 1 is 1.29 bits per heavy atom. The number of likely N-dealkylation sites (N-methyl/N-ethyl adjacent to an activating group) is 1. The zero-order valence-corrected chi connectivity index (χ0v) is 8.21. The summed E-state index contributed by atoms with van der Waals surface area (Å²) in [6, 6.07) is -0.953. The van der Waals surface area contributed by atoms with Gasteiger partial charge in [-0.2, -0.15) is 0 Å². The number of nitrogens with one attached hydrogen (secondary N) is 1. The zero-order valence-electron chi connectivity index (χ0n) is 8.21. The van der Waals surface area contributed by atoms with E-state index in [9.17, 15) is 15.0 Å². The fraction of sp³-hybridized carbons (Fsp3) is 0.875. The van der Waals surface area contributed by atoms with E-state index < -0.39 is 31.0 Å². The molecule has 14 heavy (non-hydrogen) atoms. The lowest BCUT2D eigenvalue weighted by molar-refractivity contribution is -0.128. The van der Waals surface area contributed by atoms with Crippen LogP contribution in [0.25, 0.3) is 0 Å². The molecule has 0 saturated heterocycles. The zero-order chi connectivity index (χ0) is 11.3. The topological polar surface area (TPSA) is 110 Å². The average Bonchev–Trinajstić information content (AvgIpc) is 2.15. The molecule has 0 aromatic carbocycles. The van der Waals surface area contributed by atoms with Crippen LogP contribution in [0.4, 0.5) is 0 Å². The molecule has 0 rings (SSSR count). The molecular formula is C8H17NO5. The summed E-state index contributed by atoms with van der Waals surface area (Å²) in [7, 11) is 1.45. The Morgan fingerprint density at radius 2 is 1.79 bits per heavy atom. The second-order valence-electron chi connectivity index (χ2n) is 3.11. The van der Waals surface area contributed by atoms with Gasteiger partial charge in [0.05, 0.1) is 12.6 Å². The Morgan fingerprint density at radius 3 is 2.07 bits per heavy atom. The van der Waals surface area contributed by atoms with Crippen LogP contribution in [0.15, 0.2) is 0 Å². The highest BCUT2D eigenvalue weighted by Gasteiger charge is 2.32. The van der Waals surface area contributed by atoms with Gasteiger partial charge >= 0.3 is 0 Å². The van der Waals surface area contributed by atoms with Crippen LogP contribution in [0.5, 0.6) is 0 Å². The Bertz CT molecular complexity index is 187. The fourth-order valence-corrected chi connectivity index (χ4v) is 1.15. The van der Waals surface area contributed by atoms with E-state index in [4.69, 9.17) is 10.2 Å². The minimum atomic E-state index is -1.55. The number of hydrogen-bond acceptors (Lipinski definition) is 6. The highest BCUT2D eigenvalue weighted by molar-refractivity contribution is 5.82. The molecule has 0 aliphatic heterocycles. The molecule has 0 bridgehead atoms. The quantitative estimate of drug-likeness (QED) is 0.323. The third-order valence-corrected chi connectivity index (χ3v) is 2.02. The molecule has 6 heteroatoms. The molecule has 0 aliphatic carbocycles. The van der Waals surface area contributed by atoms with Crippen LogP contribution in [0.1, 0.15) is 6.92 Å². The standard InChI is InChI=1S/C8H17NO5/c1-4(11)6(9-2)8(14)7(13)5(12)3-10/h5-10,12-14H,3H2,1-2H3/t5-,6+,7-,8-/m1/s1. The predicted octanol–water partition coefficient (Wildman–Crippen LogP) is -2.76. The van der Waals surface area contributed by atoms with Gasteiger partial charge in [-0.3, -0.25) is 4.79 Å². The minimum Gasteiger partial charge on any atom is -0.394 e. The molecular weight excluding hydrogens is 190 g/mol. The van der Waals surface area contributed by atoms with E-state index in [2.05, 4.69) is 5.32 Å². The van der Waals surface area contributed by atoms with Crippen molar-refractivity contribution in [1.82, 2.24) is 5.32 Å². The van der Waals surface area contributed by atoms with Crippen molar-refractivity contribution in [2.45, 2.75) is 31.3 Å². The van der Waals surface area contributed by atoms with Gasteiger partial charge in [0.15, 0.2) is 0 Å². The van der Waals surface area contributed by atoms with Gasteiger partial charge in [0.2, 0.25) is 0 Å². The number of aliphatic hydroxyl groups excluding tert-OH is 4. The van der Waals surface area contributed by atoms with Gasteiger partial charge < -0.3 is 25.7 Å². The predicted molar refractivity (Wildman–Crippen MR) is 48.6 cm³/mol. The maximum Gasteiger partial charge on any atom is 0.149 e. The van der Waals surface area contributed by atoms with Crippen molar-refractivity contribution in [1.29, 1.82) is 0 Å². The van der Waals surface area contributed by atoms with Gasteiger partial charge in [-0.25, -0.2) is 0 Å². The molecule has 0 unspecified atom stereocenters. The number of Topliss-reactive ketones (excluding diaryl/α,β-unsaturated/α-hetero) is 1. The number of carbonyl (C=O) groups excluding carboxylic acids is 1. The fourth-order valence-electron chi connectivity index (χ4n) is 1.15. The SMILES string of the molecule is CN[C@@H](C(C)=O)[C@@H](O)[C@H](O)[C@H](O)CO. The first kappa shape index (κ1) is 13.5. The van der Waals surface area contributed by atoms with E-state index in [1.54, 1.807) is 0 Å². The van der Waals surface area contributed by atoms with E-state index in [0.29, 0.717) is 0 Å². The van der Waals surface area contributed by atoms with Crippen LogP contribution in [0, 0.1) is 0 Å². The molecule has 5 N–H and O–H groups in total. The van der Waals surface area contributed by atoms with Crippen LogP contribution in [0.3, 0.4) is 0 Å². The van der Waals surface area contributed by atoms with Crippen molar-refractivity contribution in [3.63, 3.8) is 0 Å². The first-order chi connectivity index (χ1) is 6.45. The Labute approximate surface area is 82.2 Å². The summed E-state index contributed by atoms with van der Waals surface area (Å²) >= 11 is 0. The molecule has 6 nitrogen and oxygen atoms in total. The molecule has 84 valence electrons. The summed E-state index contributed by atoms with van der Waals surface area (Å²) < 4.78 is 0. The first-order valence-electron chi connectivity index (χ1n) is 4.28. The molecule has 0 fully saturated rings. The van der Waals surface area contributed by atoms with E-state index in [-0.39, 0.29) is 5.78 Å². The Balaban J connectivity index is 4.41. The lowest BCUT2D eigenvalue weighted by atomic mass is 9.99. The minimum absolute atomic E-state index is 0.357. The smallest absolute Gasteiger partial charge is 0.149 e. The van der Waals surface area contributed by atoms with Gasteiger partial charge in [-0.15, -0.1) is 0 Å². The largest absolute Gasteiger partial charge is 0.394 e. The second kappa shape index (κ2) is 6.05. The van der Waals surface area contributed by atoms with Gasteiger partial charge in [0.25, 0.3) is 0 Å². The number of ketones is 1. The Kier molecular flexibility index (Phi) is 5.82. The molecule has 0 radical (unpaired) electrons. The molecule has 0 aromatic rings. The number of hydrogen-bond donors (Lipinski definition) is 5. The summed E-state index contributed by atoms with van der Waals surface area (Å²) in [6.45, 7) is 0.578. The van der Waals surface area contributed by atoms with Crippen molar-refractivity contribution in [2.75, 3.05) is 13.7 Å². The lowest BCUT2D eigenvalue weighted by Crippen LogP contribution is -2.53. The number of carbonyl (C=O) groups is 1. The van der Waals surface area contributed by atoms with E-state index >= 15 is 0 Å². The third kappa shape index (κ3) is 3.32. The lowest BCUT2D eigenvalue weighted by Gasteiger charge is -2.26. The van der Waals surface area contributed by atoms with Gasteiger partial charge in [0.1, 0.15) is 24.1 Å². The van der Waals surface area contributed by atoms with Gasteiger partial charge in [-0.1, -0.05) is 0 Å². The average molecular weight is 207 g/mol. The van der Waals surface area contributed by atoms with Crippen LogP contribution in [-0.2, 0) is 4.79 Å². The van der Waals surface area contributed by atoms with Crippen molar-refractivity contribution in [2.24, 2.45) is 0 Å². The second-order valence-corrected chi connectivity index (χ2v) is 3.11. The van der Waals surface area contributed by atoms with E-state index in [1.807, 2.05) is 0 Å². The van der Waals surface area contributed by atoms with E-state index in [1.165, 1.54) is 14.0 Å². The summed E-state index contributed by atoms with van der Waals surface area (Å²) in [5.41, 5.74) is 0. The summed E-state index contributed by atoms with van der Waals surface area (Å²) in [4.78, 5) is 11.0. The van der Waals surface area contributed by atoms with Gasteiger partial charge in [-0.05, 0) is 14.0 Å². The summed E-state index contributed by atoms with van der Waals surface area (Å²) in [5.74, 6) is -0.357. The monoisotopic (exact) mass is 207 g/mol. The maximum atomic E-state index is 11.0. The normalized spacial score (nSPS) is 19.9. The summed E-state index contributed by atoms with van der Waals surface area (Å²) in [6.07, 6.45) is -4.46. The van der Waals surface area contributed by atoms with Crippen molar-refractivity contribution in [3.8, 4) is 0 Å². The third-order valence-electron chi connectivity index (χ3n) is 2.02. The summed E-state index contributed by atoms with van der Waals surface area (Å²) in [5, 5.41) is 38.8. The highest BCUT2D eigenvalue weighted by Crippen LogP contribution is 2.05. The molecule has 0 aliphatic rings. The first-order valence-corrected chi connectivity index (χ1v) is 4.28. The van der Waals surface area contributed by atoms with Crippen LogP contribution in [-0.4, -0.2) is 64.2 Å².